The predicted octanol–water partition coefficient (Wildman–Crippen LogP) is 4.24. The Morgan fingerprint density at radius 2 is 1.89 bits per heavy atom. The Morgan fingerprint density at radius 3 is 2.32 bits per heavy atom. The highest BCUT2D eigenvalue weighted by atomic mass is 16.5. The lowest BCUT2D eigenvalue weighted by atomic mass is 9.74. The summed E-state index contributed by atoms with van der Waals surface area (Å²) in [5.41, 5.74) is 0.424. The smallest absolute Gasteiger partial charge is 0.0631 e. The monoisotopic (exact) mass is 269 g/mol. The molecule has 2 heteroatoms. The van der Waals surface area contributed by atoms with E-state index in [0.717, 1.165) is 19.0 Å². The number of ether oxygens (including phenoxy) is 1. The number of hydrogen-bond acceptors (Lipinski definition) is 2. The van der Waals surface area contributed by atoms with Gasteiger partial charge in [-0.2, -0.15) is 0 Å². The minimum absolute atomic E-state index is 0.0912. The van der Waals surface area contributed by atoms with Gasteiger partial charge < -0.3 is 10.1 Å². The van der Waals surface area contributed by atoms with E-state index in [1.54, 1.807) is 0 Å². The second kappa shape index (κ2) is 6.58. The van der Waals surface area contributed by atoms with Crippen molar-refractivity contribution in [3.63, 3.8) is 0 Å². The molecule has 0 aliphatic carbocycles. The fourth-order valence-corrected chi connectivity index (χ4v) is 2.90. The lowest BCUT2D eigenvalue weighted by Crippen LogP contribution is -2.40. The normalized spacial score (nSPS) is 26.1. The van der Waals surface area contributed by atoms with Crippen molar-refractivity contribution in [3.05, 3.63) is 0 Å². The molecular weight excluding hydrogens is 234 g/mol. The molecular formula is C17H35NO. The van der Waals surface area contributed by atoms with Gasteiger partial charge in [0.05, 0.1) is 11.7 Å². The zero-order valence-corrected chi connectivity index (χ0v) is 14.2. The molecule has 1 N–H and O–H groups in total. The third-order valence-corrected chi connectivity index (χ3v) is 4.72. The SMILES string of the molecule is CC(C)CNCC(C)(CC1CCC(C)(C)O1)C(C)C. The molecule has 1 saturated heterocycles. The maximum absolute atomic E-state index is 6.19. The molecule has 0 radical (unpaired) electrons. The van der Waals surface area contributed by atoms with E-state index in [-0.39, 0.29) is 5.60 Å². The minimum atomic E-state index is 0.0912. The van der Waals surface area contributed by atoms with E-state index >= 15 is 0 Å². The van der Waals surface area contributed by atoms with Gasteiger partial charge in [0.2, 0.25) is 0 Å². The first-order valence-corrected chi connectivity index (χ1v) is 8.03. The average molecular weight is 269 g/mol. The summed E-state index contributed by atoms with van der Waals surface area (Å²) in [7, 11) is 0. The maximum atomic E-state index is 6.19. The quantitative estimate of drug-likeness (QED) is 0.746. The van der Waals surface area contributed by atoms with Crippen LogP contribution in [0.3, 0.4) is 0 Å². The van der Waals surface area contributed by atoms with Gasteiger partial charge in [-0.1, -0.05) is 34.6 Å². The summed E-state index contributed by atoms with van der Waals surface area (Å²) >= 11 is 0. The van der Waals surface area contributed by atoms with Gasteiger partial charge in [0.15, 0.2) is 0 Å². The molecule has 0 saturated carbocycles. The van der Waals surface area contributed by atoms with Crippen molar-refractivity contribution >= 4 is 0 Å². The molecule has 0 bridgehead atoms. The third-order valence-electron chi connectivity index (χ3n) is 4.72. The zero-order chi connectivity index (χ0) is 14.7. The summed E-state index contributed by atoms with van der Waals surface area (Å²) in [6, 6.07) is 0. The highest BCUT2D eigenvalue weighted by molar-refractivity contribution is 4.88. The van der Waals surface area contributed by atoms with E-state index < -0.39 is 0 Å². The number of nitrogens with one attached hydrogen (secondary N) is 1. The summed E-state index contributed by atoms with van der Waals surface area (Å²) in [4.78, 5) is 0. The van der Waals surface area contributed by atoms with Gasteiger partial charge in [-0.05, 0) is 56.9 Å². The molecule has 19 heavy (non-hydrogen) atoms. The Balaban J connectivity index is 2.52. The Bertz CT molecular complexity index is 272. The summed E-state index contributed by atoms with van der Waals surface area (Å²) in [6.07, 6.45) is 4.05. The molecule has 1 fully saturated rings. The molecule has 2 unspecified atom stereocenters. The fourth-order valence-electron chi connectivity index (χ4n) is 2.90. The molecule has 0 aromatic heterocycles. The standard InChI is InChI=1S/C17H35NO/c1-13(2)11-18-12-17(7,14(3)4)10-15-8-9-16(5,6)19-15/h13-15,18H,8-12H2,1-7H3. The first-order chi connectivity index (χ1) is 8.65. The molecule has 2 nitrogen and oxygen atoms in total. The highest BCUT2D eigenvalue weighted by Crippen LogP contribution is 2.39. The van der Waals surface area contributed by atoms with Gasteiger partial charge in [0, 0.05) is 6.54 Å². The number of rotatable bonds is 7. The molecule has 0 aromatic carbocycles. The summed E-state index contributed by atoms with van der Waals surface area (Å²) in [6.45, 7) is 18.3. The molecule has 1 aliphatic heterocycles. The number of hydrogen-bond donors (Lipinski definition) is 1. The zero-order valence-electron chi connectivity index (χ0n) is 14.2. The highest BCUT2D eigenvalue weighted by Gasteiger charge is 2.38. The van der Waals surface area contributed by atoms with Crippen molar-refractivity contribution < 1.29 is 4.74 Å². The van der Waals surface area contributed by atoms with Gasteiger partial charge in [-0.15, -0.1) is 0 Å². The minimum Gasteiger partial charge on any atom is -0.372 e. The second-order valence-corrected chi connectivity index (χ2v) is 8.08. The van der Waals surface area contributed by atoms with Crippen molar-refractivity contribution in [2.45, 2.75) is 79.4 Å². The Labute approximate surface area is 120 Å². The van der Waals surface area contributed by atoms with E-state index in [4.69, 9.17) is 4.74 Å². The van der Waals surface area contributed by atoms with E-state index in [2.05, 4.69) is 53.8 Å². The lowest BCUT2D eigenvalue weighted by Gasteiger charge is -2.37. The first-order valence-electron chi connectivity index (χ1n) is 8.03. The Kier molecular flexibility index (Phi) is 5.88. The van der Waals surface area contributed by atoms with Gasteiger partial charge in [0.25, 0.3) is 0 Å². The summed E-state index contributed by atoms with van der Waals surface area (Å²) in [5.74, 6) is 1.40. The van der Waals surface area contributed by atoms with E-state index in [9.17, 15) is 0 Å². The molecule has 1 rings (SSSR count). The van der Waals surface area contributed by atoms with Crippen LogP contribution in [0.2, 0.25) is 0 Å². The van der Waals surface area contributed by atoms with Crippen LogP contribution in [0.15, 0.2) is 0 Å². The van der Waals surface area contributed by atoms with Crippen LogP contribution in [0, 0.1) is 17.3 Å². The van der Waals surface area contributed by atoms with Gasteiger partial charge in [-0.3, -0.25) is 0 Å². The Morgan fingerprint density at radius 1 is 1.26 bits per heavy atom. The summed E-state index contributed by atoms with van der Waals surface area (Å²) in [5, 5.41) is 3.65. The largest absolute Gasteiger partial charge is 0.372 e. The van der Waals surface area contributed by atoms with Crippen molar-refractivity contribution in [1.82, 2.24) is 5.32 Å². The van der Waals surface area contributed by atoms with Crippen LogP contribution < -0.4 is 5.32 Å². The van der Waals surface area contributed by atoms with Crippen LogP contribution in [-0.4, -0.2) is 24.8 Å². The molecule has 0 spiro atoms. The molecule has 114 valence electrons. The maximum Gasteiger partial charge on any atom is 0.0631 e. The summed E-state index contributed by atoms with van der Waals surface area (Å²) < 4.78 is 6.19. The molecule has 0 amide bonds. The predicted molar refractivity (Wildman–Crippen MR) is 83.5 cm³/mol. The van der Waals surface area contributed by atoms with Crippen LogP contribution in [0.1, 0.15) is 67.7 Å². The van der Waals surface area contributed by atoms with Gasteiger partial charge in [0.1, 0.15) is 0 Å². The second-order valence-electron chi connectivity index (χ2n) is 8.08. The van der Waals surface area contributed by atoms with Crippen molar-refractivity contribution in [1.29, 1.82) is 0 Å². The topological polar surface area (TPSA) is 21.3 Å². The lowest BCUT2D eigenvalue weighted by molar-refractivity contribution is -0.0396. The first kappa shape index (κ1) is 17.0. The van der Waals surface area contributed by atoms with E-state index in [1.165, 1.54) is 19.3 Å². The molecule has 1 heterocycles. The van der Waals surface area contributed by atoms with E-state index in [1.807, 2.05) is 0 Å². The van der Waals surface area contributed by atoms with Crippen LogP contribution >= 0.6 is 0 Å². The fraction of sp³-hybridized carbons (Fsp3) is 1.00. The van der Waals surface area contributed by atoms with Gasteiger partial charge >= 0.3 is 0 Å². The third kappa shape index (κ3) is 5.43. The van der Waals surface area contributed by atoms with Crippen LogP contribution in [0.5, 0.6) is 0 Å². The van der Waals surface area contributed by atoms with Crippen LogP contribution in [-0.2, 0) is 4.74 Å². The molecule has 1 aliphatic rings. The van der Waals surface area contributed by atoms with Crippen molar-refractivity contribution in [2.24, 2.45) is 17.3 Å². The molecule has 2 atom stereocenters. The van der Waals surface area contributed by atoms with Gasteiger partial charge in [-0.25, -0.2) is 0 Å². The van der Waals surface area contributed by atoms with Crippen molar-refractivity contribution in [2.75, 3.05) is 13.1 Å². The Hall–Kier alpha value is -0.0800. The van der Waals surface area contributed by atoms with Crippen molar-refractivity contribution in [3.8, 4) is 0 Å². The van der Waals surface area contributed by atoms with Crippen LogP contribution in [0.4, 0.5) is 0 Å². The average Bonchev–Trinajstić information content (AvgIpc) is 2.56. The molecule has 0 aromatic rings. The van der Waals surface area contributed by atoms with Crippen LogP contribution in [0.25, 0.3) is 0 Å². The van der Waals surface area contributed by atoms with E-state index in [0.29, 0.717) is 17.4 Å².